The number of fused-ring (bicyclic) bond motifs is 1. The first-order valence-electron chi connectivity index (χ1n) is 6.27. The molecule has 0 atom stereocenters. The molecule has 0 radical (unpaired) electrons. The number of nitrogens with one attached hydrogen (secondary N) is 1. The van der Waals surface area contributed by atoms with E-state index >= 15 is 0 Å². The van der Waals surface area contributed by atoms with Gasteiger partial charge in [0.1, 0.15) is 10.7 Å². The van der Waals surface area contributed by atoms with Gasteiger partial charge in [0.15, 0.2) is 0 Å². The maximum absolute atomic E-state index is 13.9. The Bertz CT molecular complexity index is 786. The van der Waals surface area contributed by atoms with Gasteiger partial charge in [0, 0.05) is 36.9 Å². The van der Waals surface area contributed by atoms with Gasteiger partial charge in [0.2, 0.25) is 5.91 Å². The maximum atomic E-state index is 13.9. The first-order valence-corrected chi connectivity index (χ1v) is 8.58. The molecule has 1 amide bonds. The Morgan fingerprint density at radius 3 is 2.76 bits per heavy atom. The van der Waals surface area contributed by atoms with Crippen LogP contribution in [0.4, 0.5) is 4.39 Å². The van der Waals surface area contributed by atoms with E-state index in [1.54, 1.807) is 17.7 Å². The fourth-order valence-corrected chi connectivity index (χ4v) is 3.23. The highest BCUT2D eigenvalue weighted by Gasteiger charge is 2.21. The molecular formula is C13H14ClFN2O3S. The second kappa shape index (κ2) is 6.03. The number of aryl methyl sites for hydroxylation is 1. The molecule has 0 unspecified atom stereocenters. The Hall–Kier alpha value is -1.60. The Labute approximate surface area is 126 Å². The van der Waals surface area contributed by atoms with Gasteiger partial charge >= 0.3 is 0 Å². The summed E-state index contributed by atoms with van der Waals surface area (Å²) in [5.41, 5.74) is 0.436. The van der Waals surface area contributed by atoms with Gasteiger partial charge in [0.05, 0.1) is 10.9 Å². The number of carbonyl (C=O) groups excluding carboxylic acids is 1. The second-order valence-electron chi connectivity index (χ2n) is 4.54. The molecule has 2 rings (SSSR count). The summed E-state index contributed by atoms with van der Waals surface area (Å²) in [7, 11) is 2.86. The van der Waals surface area contributed by atoms with Gasteiger partial charge in [-0.3, -0.25) is 4.79 Å². The largest absolute Gasteiger partial charge is 0.359 e. The van der Waals surface area contributed by atoms with Gasteiger partial charge in [-0.15, -0.1) is 0 Å². The lowest BCUT2D eigenvalue weighted by atomic mass is 10.2. The molecule has 0 aliphatic heterocycles. The maximum Gasteiger partial charge on any atom is 0.263 e. The van der Waals surface area contributed by atoms with E-state index in [-0.39, 0.29) is 16.2 Å². The number of halogens is 2. The Balaban J connectivity index is 2.41. The van der Waals surface area contributed by atoms with Gasteiger partial charge in [-0.25, -0.2) is 12.8 Å². The van der Waals surface area contributed by atoms with E-state index in [1.165, 1.54) is 18.3 Å². The highest BCUT2D eigenvalue weighted by atomic mass is 35.7. The normalized spacial score (nSPS) is 11.8. The topological polar surface area (TPSA) is 68.2 Å². The van der Waals surface area contributed by atoms with Crippen molar-refractivity contribution < 1.29 is 17.6 Å². The third-order valence-corrected chi connectivity index (χ3v) is 4.50. The molecule has 5 nitrogen and oxygen atoms in total. The van der Waals surface area contributed by atoms with E-state index in [1.807, 2.05) is 0 Å². The molecule has 1 aromatic carbocycles. The zero-order valence-electron chi connectivity index (χ0n) is 11.3. The zero-order chi connectivity index (χ0) is 15.6. The molecule has 0 saturated heterocycles. The molecule has 1 aromatic heterocycles. The van der Waals surface area contributed by atoms with Crippen LogP contribution in [-0.4, -0.2) is 25.9 Å². The first kappa shape index (κ1) is 15.8. The van der Waals surface area contributed by atoms with Crippen LogP contribution in [0.25, 0.3) is 10.9 Å². The molecule has 1 heterocycles. The van der Waals surface area contributed by atoms with Gasteiger partial charge < -0.3 is 9.88 Å². The van der Waals surface area contributed by atoms with Crippen molar-refractivity contribution in [3.63, 3.8) is 0 Å². The number of carbonyl (C=O) groups is 1. The zero-order valence-corrected chi connectivity index (χ0v) is 12.8. The van der Waals surface area contributed by atoms with E-state index in [4.69, 9.17) is 10.7 Å². The molecule has 8 heteroatoms. The quantitative estimate of drug-likeness (QED) is 0.854. The SMILES string of the molecule is CNC(=O)CCCn1cc(S(=O)(=O)Cl)c2c(F)cccc21. The lowest BCUT2D eigenvalue weighted by molar-refractivity contribution is -0.120. The minimum Gasteiger partial charge on any atom is -0.359 e. The smallest absolute Gasteiger partial charge is 0.263 e. The third-order valence-electron chi connectivity index (χ3n) is 3.16. The van der Waals surface area contributed by atoms with E-state index in [9.17, 15) is 17.6 Å². The van der Waals surface area contributed by atoms with E-state index < -0.39 is 14.9 Å². The molecule has 1 N–H and O–H groups in total. The molecule has 21 heavy (non-hydrogen) atoms. The van der Waals surface area contributed by atoms with Crippen LogP contribution in [0.2, 0.25) is 0 Å². The predicted molar refractivity (Wildman–Crippen MR) is 78.2 cm³/mol. The van der Waals surface area contributed by atoms with Crippen LogP contribution in [0.1, 0.15) is 12.8 Å². The van der Waals surface area contributed by atoms with Crippen molar-refractivity contribution >= 4 is 36.5 Å². The summed E-state index contributed by atoms with van der Waals surface area (Å²) in [6.07, 6.45) is 2.11. The third kappa shape index (κ3) is 3.36. The number of hydrogen-bond donors (Lipinski definition) is 1. The van der Waals surface area contributed by atoms with Crippen LogP contribution in [0, 0.1) is 5.82 Å². The van der Waals surface area contributed by atoms with E-state index in [0.29, 0.717) is 24.9 Å². The fourth-order valence-electron chi connectivity index (χ4n) is 2.18. The van der Waals surface area contributed by atoms with Gasteiger partial charge in [-0.1, -0.05) is 6.07 Å². The van der Waals surface area contributed by atoms with Crippen LogP contribution < -0.4 is 5.32 Å². The van der Waals surface area contributed by atoms with Gasteiger partial charge in [0.25, 0.3) is 9.05 Å². The van der Waals surface area contributed by atoms with E-state index in [2.05, 4.69) is 5.32 Å². The Kier molecular flexibility index (Phi) is 4.53. The monoisotopic (exact) mass is 332 g/mol. The minimum atomic E-state index is -4.05. The van der Waals surface area contributed by atoms with Crippen molar-refractivity contribution in [3.8, 4) is 0 Å². The van der Waals surface area contributed by atoms with Gasteiger partial charge in [-0.2, -0.15) is 0 Å². The molecule has 0 aliphatic rings. The van der Waals surface area contributed by atoms with Crippen LogP contribution in [0.3, 0.4) is 0 Å². The van der Waals surface area contributed by atoms with Crippen LogP contribution in [0.15, 0.2) is 29.3 Å². The highest BCUT2D eigenvalue weighted by molar-refractivity contribution is 8.14. The average Bonchev–Trinajstić information content (AvgIpc) is 2.79. The molecule has 2 aromatic rings. The lowest BCUT2D eigenvalue weighted by Crippen LogP contribution is -2.17. The molecule has 0 saturated carbocycles. The summed E-state index contributed by atoms with van der Waals surface area (Å²) < 4.78 is 38.6. The van der Waals surface area contributed by atoms with Crippen molar-refractivity contribution in [1.29, 1.82) is 0 Å². The second-order valence-corrected chi connectivity index (χ2v) is 7.07. The fraction of sp³-hybridized carbons (Fsp3) is 0.308. The van der Waals surface area contributed by atoms with Crippen molar-refractivity contribution in [3.05, 3.63) is 30.2 Å². The number of rotatable bonds is 5. The van der Waals surface area contributed by atoms with Crippen molar-refractivity contribution in [1.82, 2.24) is 9.88 Å². The molecule has 114 valence electrons. The summed E-state index contributed by atoms with van der Waals surface area (Å²) in [4.78, 5) is 10.9. The van der Waals surface area contributed by atoms with Crippen LogP contribution in [-0.2, 0) is 20.4 Å². The number of aromatic nitrogens is 1. The summed E-state index contributed by atoms with van der Waals surface area (Å²) in [5.74, 6) is -0.750. The van der Waals surface area contributed by atoms with Crippen LogP contribution >= 0.6 is 10.7 Å². The van der Waals surface area contributed by atoms with Crippen LogP contribution in [0.5, 0.6) is 0 Å². The molecule has 0 fully saturated rings. The Morgan fingerprint density at radius 2 is 2.14 bits per heavy atom. The lowest BCUT2D eigenvalue weighted by Gasteiger charge is -2.04. The molecule has 0 bridgehead atoms. The number of amides is 1. The first-order chi connectivity index (χ1) is 9.84. The van der Waals surface area contributed by atoms with Crippen molar-refractivity contribution in [2.45, 2.75) is 24.3 Å². The molecular weight excluding hydrogens is 319 g/mol. The standard InChI is InChI=1S/C13H14ClFN2O3S/c1-16-12(18)6-3-7-17-8-11(21(14,19)20)13-9(15)4-2-5-10(13)17/h2,4-5,8H,3,6-7H2,1H3,(H,16,18). The number of nitrogens with zero attached hydrogens (tertiary/aromatic N) is 1. The summed E-state index contributed by atoms with van der Waals surface area (Å²) in [6, 6.07) is 4.30. The molecule has 0 spiro atoms. The average molecular weight is 333 g/mol. The van der Waals surface area contributed by atoms with E-state index in [0.717, 1.165) is 0 Å². The Morgan fingerprint density at radius 1 is 1.43 bits per heavy atom. The summed E-state index contributed by atoms with van der Waals surface area (Å²) >= 11 is 0. The van der Waals surface area contributed by atoms with Crippen molar-refractivity contribution in [2.24, 2.45) is 0 Å². The molecule has 0 aliphatic carbocycles. The summed E-state index contributed by atoms with van der Waals surface area (Å²) in [5, 5.41) is 2.48. The summed E-state index contributed by atoms with van der Waals surface area (Å²) in [6.45, 7) is 0.389. The highest BCUT2D eigenvalue weighted by Crippen LogP contribution is 2.30. The van der Waals surface area contributed by atoms with Crippen molar-refractivity contribution in [2.75, 3.05) is 7.05 Å². The minimum absolute atomic E-state index is 0.0209. The predicted octanol–water partition coefficient (Wildman–Crippen LogP) is 2.23. The number of benzene rings is 1. The number of hydrogen-bond acceptors (Lipinski definition) is 3. The van der Waals surface area contributed by atoms with Gasteiger partial charge in [-0.05, 0) is 18.6 Å².